The molecule has 0 atom stereocenters. The van der Waals surface area contributed by atoms with Crippen LogP contribution in [0.25, 0.3) is 0 Å². The van der Waals surface area contributed by atoms with E-state index >= 15 is 0 Å². The number of aliphatic hydroxyl groups is 1. The van der Waals surface area contributed by atoms with Gasteiger partial charge in [0.05, 0.1) is 16.6 Å². The Morgan fingerprint density at radius 1 is 1.32 bits per heavy atom. The molecule has 1 aromatic rings. The van der Waals surface area contributed by atoms with Crippen molar-refractivity contribution in [2.75, 3.05) is 6.61 Å². The number of halogens is 1. The van der Waals surface area contributed by atoms with Crippen LogP contribution in [0.1, 0.15) is 42.5 Å². The van der Waals surface area contributed by atoms with E-state index in [1.54, 1.807) is 12.1 Å². The van der Waals surface area contributed by atoms with Crippen LogP contribution in [-0.4, -0.2) is 28.3 Å². The van der Waals surface area contributed by atoms with Crippen molar-refractivity contribution in [2.24, 2.45) is 0 Å². The van der Waals surface area contributed by atoms with Gasteiger partial charge in [-0.1, -0.05) is 19.3 Å². The first-order valence-electron chi connectivity index (χ1n) is 6.48. The fraction of sp³-hybridized carbons (Fsp3) is 0.500. The van der Waals surface area contributed by atoms with Gasteiger partial charge in [-0.3, -0.25) is 4.79 Å². The van der Waals surface area contributed by atoms with Crippen molar-refractivity contribution in [3.05, 3.63) is 28.2 Å². The summed E-state index contributed by atoms with van der Waals surface area (Å²) in [6.07, 6.45) is 4.80. The first-order chi connectivity index (χ1) is 9.06. The predicted octanol–water partition coefficient (Wildman–Crippen LogP) is 2.58. The van der Waals surface area contributed by atoms with Gasteiger partial charge in [-0.15, -0.1) is 0 Å². The van der Waals surface area contributed by atoms with Crippen LogP contribution >= 0.6 is 15.9 Å². The third kappa shape index (κ3) is 3.28. The minimum absolute atomic E-state index is 0.0364. The van der Waals surface area contributed by atoms with Crippen LogP contribution in [0.15, 0.2) is 22.7 Å². The van der Waals surface area contributed by atoms with E-state index in [2.05, 4.69) is 21.2 Å². The Labute approximate surface area is 121 Å². The zero-order valence-corrected chi connectivity index (χ0v) is 12.2. The molecular weight excluding hydrogens is 310 g/mol. The summed E-state index contributed by atoms with van der Waals surface area (Å²) in [6.45, 7) is -0.0404. The van der Waals surface area contributed by atoms with Gasteiger partial charge in [-0.2, -0.15) is 0 Å². The smallest absolute Gasteiger partial charge is 0.251 e. The molecule has 0 heterocycles. The molecule has 0 bridgehead atoms. The number of aliphatic hydroxyl groups excluding tert-OH is 1. The van der Waals surface area contributed by atoms with E-state index in [1.165, 1.54) is 6.07 Å². The molecule has 1 amide bonds. The Hall–Kier alpha value is -1.07. The maximum absolute atomic E-state index is 12.2. The lowest BCUT2D eigenvalue weighted by molar-refractivity contribution is 0.0758. The van der Waals surface area contributed by atoms with E-state index in [1.807, 2.05) is 0 Å². The fourth-order valence-electron chi connectivity index (χ4n) is 2.52. The Balaban J connectivity index is 2.12. The summed E-state index contributed by atoms with van der Waals surface area (Å²) in [5.41, 5.74) is -0.100. The Kier molecular flexibility index (Phi) is 4.47. The molecule has 0 radical (unpaired) electrons. The van der Waals surface area contributed by atoms with Crippen LogP contribution in [0.3, 0.4) is 0 Å². The van der Waals surface area contributed by atoms with Gasteiger partial charge in [-0.25, -0.2) is 0 Å². The molecule has 0 unspecified atom stereocenters. The maximum atomic E-state index is 12.2. The van der Waals surface area contributed by atoms with Crippen LogP contribution in [-0.2, 0) is 0 Å². The van der Waals surface area contributed by atoms with Gasteiger partial charge in [0.15, 0.2) is 0 Å². The number of amides is 1. The standard InChI is InChI=1S/C14H18BrNO3/c15-11-5-4-10(8-12(11)18)13(19)16-14(9-17)6-2-1-3-7-14/h4-5,8,17-18H,1-3,6-7,9H2,(H,16,19). The summed E-state index contributed by atoms with van der Waals surface area (Å²) in [6, 6.07) is 4.71. The molecule has 19 heavy (non-hydrogen) atoms. The molecular formula is C14H18BrNO3. The lowest BCUT2D eigenvalue weighted by Crippen LogP contribution is -2.52. The number of rotatable bonds is 3. The minimum Gasteiger partial charge on any atom is -0.507 e. The predicted molar refractivity (Wildman–Crippen MR) is 76.2 cm³/mol. The lowest BCUT2D eigenvalue weighted by Gasteiger charge is -2.36. The van der Waals surface area contributed by atoms with Crippen molar-refractivity contribution >= 4 is 21.8 Å². The number of hydrogen-bond donors (Lipinski definition) is 3. The summed E-state index contributed by atoms with van der Waals surface area (Å²) in [5.74, 6) is -0.215. The number of nitrogens with one attached hydrogen (secondary N) is 1. The first kappa shape index (κ1) is 14.3. The van der Waals surface area contributed by atoms with Gasteiger partial charge in [0.1, 0.15) is 5.75 Å². The summed E-state index contributed by atoms with van der Waals surface area (Å²) >= 11 is 3.18. The molecule has 1 aromatic carbocycles. The van der Waals surface area contributed by atoms with E-state index < -0.39 is 5.54 Å². The van der Waals surface area contributed by atoms with E-state index in [0.29, 0.717) is 10.0 Å². The molecule has 0 saturated heterocycles. The Morgan fingerprint density at radius 3 is 2.58 bits per heavy atom. The molecule has 1 aliphatic carbocycles. The first-order valence-corrected chi connectivity index (χ1v) is 7.27. The normalized spacial score (nSPS) is 18.0. The number of hydrogen-bond acceptors (Lipinski definition) is 3. The SMILES string of the molecule is O=C(NC1(CO)CCCCC1)c1ccc(Br)c(O)c1. The van der Waals surface area contributed by atoms with Crippen molar-refractivity contribution < 1.29 is 15.0 Å². The summed E-state index contributed by atoms with van der Waals surface area (Å²) in [5, 5.41) is 22.1. The minimum atomic E-state index is -0.502. The van der Waals surface area contributed by atoms with E-state index in [0.717, 1.165) is 32.1 Å². The average Bonchev–Trinajstić information content (AvgIpc) is 2.43. The van der Waals surface area contributed by atoms with Crippen LogP contribution in [0.2, 0.25) is 0 Å². The number of carbonyl (C=O) groups is 1. The summed E-state index contributed by atoms with van der Waals surface area (Å²) in [4.78, 5) is 12.2. The molecule has 4 nitrogen and oxygen atoms in total. The zero-order valence-electron chi connectivity index (χ0n) is 10.7. The second-order valence-corrected chi connectivity index (χ2v) is 5.97. The highest BCUT2D eigenvalue weighted by Crippen LogP contribution is 2.29. The maximum Gasteiger partial charge on any atom is 0.251 e. The van der Waals surface area contributed by atoms with Gasteiger partial charge in [0.25, 0.3) is 5.91 Å². The fourth-order valence-corrected chi connectivity index (χ4v) is 2.76. The lowest BCUT2D eigenvalue weighted by atomic mass is 9.82. The highest BCUT2D eigenvalue weighted by molar-refractivity contribution is 9.10. The number of aromatic hydroxyl groups is 1. The van der Waals surface area contributed by atoms with E-state index in [-0.39, 0.29) is 18.3 Å². The third-order valence-corrected chi connectivity index (χ3v) is 4.37. The topological polar surface area (TPSA) is 69.6 Å². The molecule has 5 heteroatoms. The van der Waals surface area contributed by atoms with E-state index in [9.17, 15) is 15.0 Å². The second kappa shape index (κ2) is 5.92. The molecule has 2 rings (SSSR count). The molecule has 3 N–H and O–H groups in total. The van der Waals surface area contributed by atoms with Crippen molar-refractivity contribution in [1.82, 2.24) is 5.32 Å². The molecule has 1 saturated carbocycles. The van der Waals surface area contributed by atoms with E-state index in [4.69, 9.17) is 0 Å². The number of phenols is 1. The molecule has 104 valence electrons. The van der Waals surface area contributed by atoms with Gasteiger partial charge >= 0.3 is 0 Å². The van der Waals surface area contributed by atoms with Crippen molar-refractivity contribution in [3.8, 4) is 5.75 Å². The van der Waals surface area contributed by atoms with Crippen molar-refractivity contribution in [2.45, 2.75) is 37.6 Å². The van der Waals surface area contributed by atoms with Gasteiger partial charge in [-0.05, 0) is 47.0 Å². The number of phenolic OH excluding ortho intramolecular Hbond substituents is 1. The molecule has 0 spiro atoms. The quantitative estimate of drug-likeness (QED) is 0.799. The second-order valence-electron chi connectivity index (χ2n) is 5.12. The zero-order chi connectivity index (χ0) is 13.9. The van der Waals surface area contributed by atoms with Gasteiger partial charge < -0.3 is 15.5 Å². The number of carbonyl (C=O) groups excluding carboxylic acids is 1. The molecule has 0 aromatic heterocycles. The average molecular weight is 328 g/mol. The largest absolute Gasteiger partial charge is 0.507 e. The Morgan fingerprint density at radius 2 is 2.00 bits per heavy atom. The van der Waals surface area contributed by atoms with Crippen molar-refractivity contribution in [1.29, 1.82) is 0 Å². The third-order valence-electron chi connectivity index (χ3n) is 3.70. The van der Waals surface area contributed by atoms with Crippen LogP contribution < -0.4 is 5.32 Å². The molecule has 0 aliphatic heterocycles. The van der Waals surface area contributed by atoms with Gasteiger partial charge in [0.2, 0.25) is 0 Å². The molecule has 1 fully saturated rings. The molecule has 1 aliphatic rings. The highest BCUT2D eigenvalue weighted by atomic mass is 79.9. The van der Waals surface area contributed by atoms with Gasteiger partial charge in [0, 0.05) is 5.56 Å². The Bertz CT molecular complexity index is 470. The van der Waals surface area contributed by atoms with Crippen LogP contribution in [0, 0.1) is 0 Å². The summed E-state index contributed by atoms with van der Waals surface area (Å²) < 4.78 is 0.554. The monoisotopic (exact) mass is 327 g/mol. The summed E-state index contributed by atoms with van der Waals surface area (Å²) in [7, 11) is 0. The van der Waals surface area contributed by atoms with Crippen LogP contribution in [0.5, 0.6) is 5.75 Å². The van der Waals surface area contributed by atoms with Crippen molar-refractivity contribution in [3.63, 3.8) is 0 Å². The van der Waals surface area contributed by atoms with Crippen LogP contribution in [0.4, 0.5) is 0 Å². The number of benzene rings is 1. The highest BCUT2D eigenvalue weighted by Gasteiger charge is 2.33.